The zero-order valence-corrected chi connectivity index (χ0v) is 21.8. The number of fused-ring (bicyclic) bond motifs is 2. The second-order valence-corrected chi connectivity index (χ2v) is 10.8. The molecule has 1 saturated heterocycles. The fourth-order valence-electron chi connectivity index (χ4n) is 5.99. The fourth-order valence-corrected chi connectivity index (χ4v) is 5.99. The quantitative estimate of drug-likeness (QED) is 0.611. The number of aryl methyl sites for hydroxylation is 1. The molecule has 0 unspecified atom stereocenters. The maximum absolute atomic E-state index is 13.1. The minimum absolute atomic E-state index is 0.163. The molecule has 0 bridgehead atoms. The molecule has 0 N–H and O–H groups in total. The lowest BCUT2D eigenvalue weighted by molar-refractivity contribution is -0.137. The first-order valence-electron chi connectivity index (χ1n) is 13.1. The lowest BCUT2D eigenvalue weighted by atomic mass is 9.90. The molecule has 2 aromatic rings. The van der Waals surface area contributed by atoms with Crippen molar-refractivity contribution >= 4 is 34.8 Å². The van der Waals surface area contributed by atoms with Gasteiger partial charge in [-0.15, -0.1) is 0 Å². The van der Waals surface area contributed by atoms with Gasteiger partial charge in [0.25, 0.3) is 0 Å². The third-order valence-corrected chi connectivity index (χ3v) is 8.08. The highest BCUT2D eigenvalue weighted by Crippen LogP contribution is 2.39. The Bertz CT molecular complexity index is 1200. The van der Waals surface area contributed by atoms with Crippen LogP contribution >= 0.6 is 0 Å². The van der Waals surface area contributed by atoms with Crippen LogP contribution in [0.5, 0.6) is 0 Å². The van der Waals surface area contributed by atoms with E-state index in [9.17, 15) is 14.4 Å². The third kappa shape index (κ3) is 4.09. The zero-order chi connectivity index (χ0) is 25.6. The molecule has 7 heteroatoms. The van der Waals surface area contributed by atoms with E-state index >= 15 is 0 Å². The third-order valence-electron chi connectivity index (χ3n) is 8.08. The first-order valence-corrected chi connectivity index (χ1v) is 13.1. The standard InChI is InChI=1S/C29H36N4O3/c1-5-32-24-12-10-20(18-25(24)30(4)27(35)29(2,3)28(32)36)19-31-16-14-22(15-17-31)33-23-9-7-6-8-21(23)11-13-26(33)34/h6-10,12,18,22H,5,11,13-17,19H2,1-4H3. The molecule has 0 aromatic heterocycles. The lowest BCUT2D eigenvalue weighted by Gasteiger charge is -2.41. The Balaban J connectivity index is 1.31. The van der Waals surface area contributed by atoms with Crippen LogP contribution in [-0.4, -0.2) is 55.3 Å². The highest BCUT2D eigenvalue weighted by Gasteiger charge is 2.45. The number of carbonyl (C=O) groups excluding carboxylic acids is 3. The van der Waals surface area contributed by atoms with E-state index in [1.54, 1.807) is 30.7 Å². The molecule has 36 heavy (non-hydrogen) atoms. The van der Waals surface area contributed by atoms with Gasteiger partial charge in [0.05, 0.1) is 11.4 Å². The van der Waals surface area contributed by atoms with Crippen molar-refractivity contribution in [3.05, 3.63) is 53.6 Å². The molecule has 3 aliphatic rings. The van der Waals surface area contributed by atoms with Crippen LogP contribution < -0.4 is 14.7 Å². The Morgan fingerprint density at radius 2 is 1.61 bits per heavy atom. The number of anilines is 3. The fraction of sp³-hybridized carbons (Fsp3) is 0.483. The van der Waals surface area contributed by atoms with Crippen molar-refractivity contribution in [1.29, 1.82) is 0 Å². The van der Waals surface area contributed by atoms with E-state index in [0.717, 1.165) is 61.5 Å². The predicted octanol–water partition coefficient (Wildman–Crippen LogP) is 3.99. The molecular formula is C29H36N4O3. The van der Waals surface area contributed by atoms with Crippen molar-refractivity contribution in [2.75, 3.05) is 41.4 Å². The van der Waals surface area contributed by atoms with Crippen molar-refractivity contribution in [3.8, 4) is 0 Å². The highest BCUT2D eigenvalue weighted by molar-refractivity contribution is 6.19. The number of likely N-dealkylation sites (tertiary alicyclic amines) is 1. The number of benzene rings is 2. The largest absolute Gasteiger partial charge is 0.313 e. The maximum atomic E-state index is 13.1. The molecule has 5 rings (SSSR count). The molecule has 2 aromatic carbocycles. The summed E-state index contributed by atoms with van der Waals surface area (Å²) < 4.78 is 0. The number of rotatable bonds is 4. The van der Waals surface area contributed by atoms with Crippen molar-refractivity contribution < 1.29 is 14.4 Å². The van der Waals surface area contributed by atoms with Gasteiger partial charge < -0.3 is 14.7 Å². The molecule has 3 heterocycles. The SMILES string of the molecule is CCN1C(=O)C(C)(C)C(=O)N(C)c2cc(CN3CCC(N4C(=O)CCc5ccccc54)CC3)ccc21. The molecule has 0 atom stereocenters. The van der Waals surface area contributed by atoms with Crippen LogP contribution in [0, 0.1) is 5.41 Å². The molecule has 7 nitrogen and oxygen atoms in total. The minimum atomic E-state index is -1.10. The van der Waals surface area contributed by atoms with Crippen molar-refractivity contribution in [3.63, 3.8) is 0 Å². The molecule has 0 radical (unpaired) electrons. The first-order chi connectivity index (χ1) is 17.2. The lowest BCUT2D eigenvalue weighted by Crippen LogP contribution is -2.49. The first kappa shape index (κ1) is 24.5. The molecule has 3 amide bonds. The van der Waals surface area contributed by atoms with E-state index in [0.29, 0.717) is 13.0 Å². The zero-order valence-electron chi connectivity index (χ0n) is 21.8. The Hall–Kier alpha value is -3.19. The van der Waals surface area contributed by atoms with Crippen LogP contribution in [0.15, 0.2) is 42.5 Å². The van der Waals surface area contributed by atoms with E-state index in [-0.39, 0.29) is 23.8 Å². The average Bonchev–Trinajstić information content (AvgIpc) is 2.93. The number of hydrogen-bond donors (Lipinski definition) is 0. The van der Waals surface area contributed by atoms with Gasteiger partial charge in [-0.05, 0) is 69.4 Å². The van der Waals surface area contributed by atoms with E-state index in [1.807, 2.05) is 19.1 Å². The monoisotopic (exact) mass is 488 g/mol. The maximum Gasteiger partial charge on any atom is 0.242 e. The van der Waals surface area contributed by atoms with Gasteiger partial charge in [-0.1, -0.05) is 24.3 Å². The molecular weight excluding hydrogens is 452 g/mol. The number of piperidine rings is 1. The molecule has 190 valence electrons. The topological polar surface area (TPSA) is 64.2 Å². The van der Waals surface area contributed by atoms with E-state index in [4.69, 9.17) is 0 Å². The molecule has 3 aliphatic heterocycles. The summed E-state index contributed by atoms with van der Waals surface area (Å²) in [4.78, 5) is 46.9. The van der Waals surface area contributed by atoms with Crippen LogP contribution in [0.2, 0.25) is 0 Å². The Kier molecular flexibility index (Phi) is 6.37. The van der Waals surface area contributed by atoms with Crippen molar-refractivity contribution in [2.24, 2.45) is 5.41 Å². The number of hydrogen-bond acceptors (Lipinski definition) is 4. The van der Waals surface area contributed by atoms with Crippen LogP contribution in [0.4, 0.5) is 17.1 Å². The summed E-state index contributed by atoms with van der Waals surface area (Å²) >= 11 is 0. The van der Waals surface area contributed by atoms with Gasteiger partial charge in [0.1, 0.15) is 5.41 Å². The summed E-state index contributed by atoms with van der Waals surface area (Å²) in [6, 6.07) is 14.6. The Morgan fingerprint density at radius 3 is 2.33 bits per heavy atom. The summed E-state index contributed by atoms with van der Waals surface area (Å²) in [5.74, 6) is -0.109. The summed E-state index contributed by atoms with van der Waals surface area (Å²) in [7, 11) is 1.76. The van der Waals surface area contributed by atoms with Gasteiger partial charge in [0.15, 0.2) is 0 Å². The smallest absolute Gasteiger partial charge is 0.242 e. The average molecular weight is 489 g/mol. The Morgan fingerprint density at radius 1 is 0.889 bits per heavy atom. The normalized spacial score (nSPS) is 20.9. The van der Waals surface area contributed by atoms with Crippen LogP contribution in [0.3, 0.4) is 0 Å². The van der Waals surface area contributed by atoms with Gasteiger partial charge >= 0.3 is 0 Å². The molecule has 1 fully saturated rings. The van der Waals surface area contributed by atoms with Crippen molar-refractivity contribution in [1.82, 2.24) is 4.90 Å². The number of carbonyl (C=O) groups is 3. The van der Waals surface area contributed by atoms with Gasteiger partial charge in [-0.3, -0.25) is 19.3 Å². The summed E-state index contributed by atoms with van der Waals surface area (Å²) in [6.07, 6.45) is 3.30. The molecule has 0 aliphatic carbocycles. The molecule has 0 spiro atoms. The van der Waals surface area contributed by atoms with E-state index in [1.165, 1.54) is 5.56 Å². The van der Waals surface area contributed by atoms with Gasteiger partial charge in [-0.2, -0.15) is 0 Å². The number of para-hydroxylation sites is 1. The second-order valence-electron chi connectivity index (χ2n) is 10.8. The second kappa shape index (κ2) is 9.36. The number of nitrogens with zero attached hydrogens (tertiary/aromatic N) is 4. The van der Waals surface area contributed by atoms with Crippen LogP contribution in [0.1, 0.15) is 51.2 Å². The van der Waals surface area contributed by atoms with Crippen LogP contribution in [-0.2, 0) is 27.3 Å². The summed E-state index contributed by atoms with van der Waals surface area (Å²) in [5.41, 5.74) is 3.94. The molecule has 0 saturated carbocycles. The van der Waals surface area contributed by atoms with Gasteiger partial charge in [0, 0.05) is 51.4 Å². The van der Waals surface area contributed by atoms with E-state index in [2.05, 4.69) is 40.1 Å². The minimum Gasteiger partial charge on any atom is -0.313 e. The summed E-state index contributed by atoms with van der Waals surface area (Å²) in [5, 5.41) is 0. The van der Waals surface area contributed by atoms with Gasteiger partial charge in [-0.25, -0.2) is 0 Å². The van der Waals surface area contributed by atoms with Gasteiger partial charge in [0.2, 0.25) is 17.7 Å². The summed E-state index contributed by atoms with van der Waals surface area (Å²) in [6.45, 7) is 8.47. The van der Waals surface area contributed by atoms with Crippen molar-refractivity contribution in [2.45, 2.75) is 59.0 Å². The number of amides is 3. The predicted molar refractivity (Wildman–Crippen MR) is 142 cm³/mol. The van der Waals surface area contributed by atoms with E-state index < -0.39 is 5.41 Å². The Labute approximate surface area is 213 Å². The highest BCUT2D eigenvalue weighted by atomic mass is 16.2. The van der Waals surface area contributed by atoms with Crippen LogP contribution in [0.25, 0.3) is 0 Å².